The molecule has 39 heavy (non-hydrogen) atoms. The topological polar surface area (TPSA) is 110 Å². The van der Waals surface area contributed by atoms with Gasteiger partial charge in [-0.05, 0) is 37.9 Å². The van der Waals surface area contributed by atoms with Gasteiger partial charge >= 0.3 is 12.0 Å². The van der Waals surface area contributed by atoms with Crippen molar-refractivity contribution in [2.24, 2.45) is 0 Å². The molecule has 2 aromatic carbocycles. The van der Waals surface area contributed by atoms with E-state index in [0.717, 1.165) is 59.6 Å². The summed E-state index contributed by atoms with van der Waals surface area (Å²) in [6.45, 7) is 4.61. The van der Waals surface area contributed by atoms with Crippen LogP contribution in [0.1, 0.15) is 30.5 Å². The van der Waals surface area contributed by atoms with Gasteiger partial charge in [0.15, 0.2) is 0 Å². The lowest BCUT2D eigenvalue weighted by Crippen LogP contribution is -2.51. The molecule has 3 aliphatic heterocycles. The van der Waals surface area contributed by atoms with E-state index in [4.69, 9.17) is 14.7 Å². The first-order valence-corrected chi connectivity index (χ1v) is 13.7. The Morgan fingerprint density at radius 2 is 2.05 bits per heavy atom. The second-order valence-corrected chi connectivity index (χ2v) is 10.6. The van der Waals surface area contributed by atoms with E-state index in [1.165, 1.54) is 6.42 Å². The van der Waals surface area contributed by atoms with Crippen LogP contribution in [0.15, 0.2) is 42.5 Å². The third-order valence-electron chi connectivity index (χ3n) is 8.03. The Bertz CT molecular complexity index is 1400. The van der Waals surface area contributed by atoms with Gasteiger partial charge in [0.1, 0.15) is 12.4 Å². The zero-order chi connectivity index (χ0) is 26.8. The highest BCUT2D eigenvalue weighted by Gasteiger charge is 2.33. The summed E-state index contributed by atoms with van der Waals surface area (Å²) < 4.78 is 6.15. The fourth-order valence-electron chi connectivity index (χ4n) is 5.84. The van der Waals surface area contributed by atoms with Crippen molar-refractivity contribution in [2.75, 3.05) is 50.1 Å². The molecule has 3 aliphatic rings. The van der Waals surface area contributed by atoms with Crippen LogP contribution in [0, 0.1) is 11.3 Å². The Hall–Kier alpha value is -3.94. The van der Waals surface area contributed by atoms with Gasteiger partial charge in [0.25, 0.3) is 0 Å². The third-order valence-corrected chi connectivity index (χ3v) is 8.03. The van der Waals surface area contributed by atoms with Gasteiger partial charge in [0.2, 0.25) is 0 Å². The maximum atomic E-state index is 13.4. The second kappa shape index (κ2) is 11.0. The number of likely N-dealkylation sites (tertiary alicyclic amines) is 1. The van der Waals surface area contributed by atoms with E-state index in [9.17, 15) is 10.1 Å². The van der Waals surface area contributed by atoms with Crippen molar-refractivity contribution in [3.8, 4) is 12.1 Å². The molecule has 0 spiro atoms. The van der Waals surface area contributed by atoms with Crippen molar-refractivity contribution in [3.63, 3.8) is 0 Å². The molecule has 1 aromatic heterocycles. The standard InChI is InChI=1S/C29H34N8O2/c1-35-14-5-8-22(35)19-39-28-32-26-18-37(29(38)33-25-10-4-7-20-6-2-3-9-23(20)25)17-24(26)27(34-28)36-15-13-31-21(16-36)11-12-30/h2-4,6-7,9-10,21-22,31H,5,8,11,13-19H2,1H3,(H,33,38)/t21-,22-/m0/s1. The van der Waals surface area contributed by atoms with E-state index in [-0.39, 0.29) is 12.1 Å². The number of hydrogen-bond donors (Lipinski definition) is 2. The number of amides is 2. The number of ether oxygens (including phenoxy) is 1. The van der Waals surface area contributed by atoms with Crippen molar-refractivity contribution in [1.82, 2.24) is 25.1 Å². The number of urea groups is 1. The molecule has 2 N–H and O–H groups in total. The number of likely N-dealkylation sites (N-methyl/N-ethyl adjacent to an activating group) is 1. The van der Waals surface area contributed by atoms with Gasteiger partial charge in [-0.2, -0.15) is 15.2 Å². The highest BCUT2D eigenvalue weighted by molar-refractivity contribution is 6.01. The van der Waals surface area contributed by atoms with Crippen molar-refractivity contribution >= 4 is 28.3 Å². The minimum absolute atomic E-state index is 0.0676. The molecule has 2 fully saturated rings. The van der Waals surface area contributed by atoms with Gasteiger partial charge in [-0.25, -0.2) is 4.79 Å². The van der Waals surface area contributed by atoms with Crippen LogP contribution in [0.4, 0.5) is 16.3 Å². The number of carbonyl (C=O) groups is 1. The predicted molar refractivity (Wildman–Crippen MR) is 150 cm³/mol. The SMILES string of the molecule is CN1CCC[C@H]1COc1nc2c(c(N3CCN[C@@H](CC#N)C3)n1)CN(C(=O)Nc1cccc3ccccc13)C2. The Morgan fingerprint density at radius 3 is 2.90 bits per heavy atom. The lowest BCUT2D eigenvalue weighted by atomic mass is 10.1. The number of rotatable bonds is 6. The molecular weight excluding hydrogens is 492 g/mol. The van der Waals surface area contributed by atoms with Crippen LogP contribution >= 0.6 is 0 Å². The maximum Gasteiger partial charge on any atom is 0.322 e. The van der Waals surface area contributed by atoms with Crippen LogP contribution in [0.2, 0.25) is 0 Å². The van der Waals surface area contributed by atoms with E-state index < -0.39 is 0 Å². The lowest BCUT2D eigenvalue weighted by Gasteiger charge is -2.34. The summed E-state index contributed by atoms with van der Waals surface area (Å²) in [6.07, 6.45) is 2.70. The molecular formula is C29H34N8O2. The van der Waals surface area contributed by atoms with E-state index in [0.29, 0.717) is 44.7 Å². The zero-order valence-corrected chi connectivity index (χ0v) is 22.3. The summed E-state index contributed by atoms with van der Waals surface area (Å²) in [4.78, 5) is 29.4. The van der Waals surface area contributed by atoms with Crippen molar-refractivity contribution in [3.05, 3.63) is 53.7 Å². The molecule has 0 saturated carbocycles. The molecule has 10 nitrogen and oxygen atoms in total. The van der Waals surface area contributed by atoms with Crippen LogP contribution in [-0.4, -0.2) is 77.7 Å². The van der Waals surface area contributed by atoms with Crippen molar-refractivity contribution in [1.29, 1.82) is 5.26 Å². The first-order valence-electron chi connectivity index (χ1n) is 13.7. The zero-order valence-electron chi connectivity index (χ0n) is 22.3. The number of nitriles is 1. The number of piperazine rings is 1. The molecule has 4 heterocycles. The summed E-state index contributed by atoms with van der Waals surface area (Å²) in [7, 11) is 2.12. The molecule has 0 bridgehead atoms. The van der Waals surface area contributed by atoms with E-state index in [1.807, 2.05) is 42.5 Å². The molecule has 202 valence electrons. The van der Waals surface area contributed by atoms with E-state index in [1.54, 1.807) is 4.90 Å². The van der Waals surface area contributed by atoms with Crippen molar-refractivity contribution < 1.29 is 9.53 Å². The normalized spacial score (nSPS) is 21.1. The van der Waals surface area contributed by atoms with Crippen LogP contribution in [-0.2, 0) is 13.1 Å². The van der Waals surface area contributed by atoms with Crippen LogP contribution in [0.5, 0.6) is 6.01 Å². The Morgan fingerprint density at radius 1 is 1.18 bits per heavy atom. The quantitative estimate of drug-likeness (QED) is 0.503. The number of fused-ring (bicyclic) bond motifs is 2. The molecule has 6 rings (SSSR count). The fourth-order valence-corrected chi connectivity index (χ4v) is 5.84. The van der Waals surface area contributed by atoms with Crippen LogP contribution in [0.25, 0.3) is 10.8 Å². The molecule has 2 saturated heterocycles. The summed E-state index contributed by atoms with van der Waals surface area (Å²) in [5, 5.41) is 17.9. The van der Waals surface area contributed by atoms with Gasteiger partial charge in [-0.3, -0.25) is 0 Å². The number of nitrogens with one attached hydrogen (secondary N) is 2. The molecule has 2 atom stereocenters. The van der Waals surface area contributed by atoms with Gasteiger partial charge in [0.05, 0.1) is 37.0 Å². The lowest BCUT2D eigenvalue weighted by molar-refractivity contribution is 0.187. The maximum absolute atomic E-state index is 13.4. The summed E-state index contributed by atoms with van der Waals surface area (Å²) in [5.74, 6) is 0.805. The number of anilines is 2. The van der Waals surface area contributed by atoms with Crippen LogP contribution in [0.3, 0.4) is 0 Å². The summed E-state index contributed by atoms with van der Waals surface area (Å²) in [5.41, 5.74) is 2.55. The molecule has 3 aromatic rings. The average Bonchev–Trinajstić information content (AvgIpc) is 3.58. The Labute approximate surface area is 228 Å². The Kier molecular flexibility index (Phi) is 7.18. The smallest absolute Gasteiger partial charge is 0.322 e. The first kappa shape index (κ1) is 25.3. The Balaban J connectivity index is 1.24. The predicted octanol–water partition coefficient (Wildman–Crippen LogP) is 3.34. The molecule has 2 amide bonds. The van der Waals surface area contributed by atoms with Gasteiger partial charge < -0.3 is 30.1 Å². The van der Waals surface area contributed by atoms with E-state index >= 15 is 0 Å². The molecule has 0 unspecified atom stereocenters. The van der Waals surface area contributed by atoms with Gasteiger partial charge in [0, 0.05) is 42.7 Å². The average molecular weight is 527 g/mol. The molecule has 0 radical (unpaired) electrons. The summed E-state index contributed by atoms with van der Waals surface area (Å²) in [6, 6.07) is 16.8. The molecule has 10 heteroatoms. The van der Waals surface area contributed by atoms with E-state index in [2.05, 4.69) is 33.6 Å². The highest BCUT2D eigenvalue weighted by atomic mass is 16.5. The van der Waals surface area contributed by atoms with Gasteiger partial charge in [-0.1, -0.05) is 36.4 Å². The first-order chi connectivity index (χ1) is 19.1. The minimum atomic E-state index is -0.173. The van der Waals surface area contributed by atoms with Crippen LogP contribution < -0.4 is 20.3 Å². The molecule has 0 aliphatic carbocycles. The highest BCUT2D eigenvalue weighted by Crippen LogP contribution is 2.33. The van der Waals surface area contributed by atoms with Gasteiger partial charge in [-0.15, -0.1) is 0 Å². The minimum Gasteiger partial charge on any atom is -0.462 e. The third kappa shape index (κ3) is 5.33. The monoisotopic (exact) mass is 526 g/mol. The fraction of sp³-hybridized carbons (Fsp3) is 0.448. The number of nitrogens with zero attached hydrogens (tertiary/aromatic N) is 6. The number of carbonyl (C=O) groups excluding carboxylic acids is 1. The number of benzene rings is 2. The number of aromatic nitrogens is 2. The van der Waals surface area contributed by atoms with Crippen molar-refractivity contribution in [2.45, 2.75) is 44.4 Å². The largest absolute Gasteiger partial charge is 0.462 e. The number of hydrogen-bond acceptors (Lipinski definition) is 8. The second-order valence-electron chi connectivity index (χ2n) is 10.6. The summed E-state index contributed by atoms with van der Waals surface area (Å²) >= 11 is 0.